The van der Waals surface area contributed by atoms with Crippen molar-refractivity contribution in [1.29, 1.82) is 0 Å². The second-order valence-corrected chi connectivity index (χ2v) is 16.3. The summed E-state index contributed by atoms with van der Waals surface area (Å²) in [5.74, 6) is 0. The fourth-order valence-electron chi connectivity index (χ4n) is 8.80. The van der Waals surface area contributed by atoms with Gasteiger partial charge in [-0.05, 0) is 97.7 Å². The normalized spacial score (nSPS) is 11.3. The maximum atomic E-state index is 2.39. The van der Waals surface area contributed by atoms with E-state index in [4.69, 9.17) is 0 Å². The number of rotatable bonds is 8. The van der Waals surface area contributed by atoms with Crippen molar-refractivity contribution < 1.29 is 0 Å². The van der Waals surface area contributed by atoms with Crippen molar-refractivity contribution in [3.05, 3.63) is 237 Å². The molecule has 0 bridgehead atoms. The van der Waals surface area contributed by atoms with Crippen LogP contribution in [0.15, 0.2) is 237 Å². The molecule has 1 heterocycles. The van der Waals surface area contributed by atoms with Gasteiger partial charge in [0.15, 0.2) is 0 Å². The van der Waals surface area contributed by atoms with Crippen LogP contribution in [0.2, 0.25) is 0 Å². The monoisotopic (exact) mass is 781 g/mol. The predicted octanol–water partition coefficient (Wildman–Crippen LogP) is 17.0. The lowest BCUT2D eigenvalue weighted by Crippen LogP contribution is -2.11. The standard InChI is InChI=1S/C58H39NS/c1-3-15-41(16-4-1)50-38-33-45(39-55(50)54-26-14-25-53-52-23-10-12-28-57(52)60-58(53)54)40-29-34-46(35-30-40)59(56-27-11-9-22-51(56)43-17-5-2-6-18-43)47-36-31-44(32-37-47)49-24-13-20-42-19-7-8-21-48(42)49/h1-39H. The Balaban J connectivity index is 1.03. The minimum Gasteiger partial charge on any atom is -0.310 e. The molecule has 60 heavy (non-hydrogen) atoms. The SMILES string of the molecule is c1ccc(-c2ccc(-c3ccc(N(c4ccc(-c5cccc6ccccc56)cc4)c4ccccc4-c4ccccc4)cc3)cc2-c2cccc3c2sc2ccccc23)cc1. The summed E-state index contributed by atoms with van der Waals surface area (Å²) in [5.41, 5.74) is 15.4. The number of anilines is 3. The zero-order valence-corrected chi connectivity index (χ0v) is 33.7. The molecule has 0 radical (unpaired) electrons. The molecule has 0 saturated heterocycles. The summed E-state index contributed by atoms with van der Waals surface area (Å²) in [7, 11) is 0. The Hall–Kier alpha value is -7.52. The van der Waals surface area contributed by atoms with Gasteiger partial charge in [-0.1, -0.05) is 194 Å². The lowest BCUT2D eigenvalue weighted by atomic mass is 9.90. The molecule has 0 aliphatic heterocycles. The molecule has 0 saturated carbocycles. The highest BCUT2D eigenvalue weighted by Crippen LogP contribution is 2.45. The van der Waals surface area contributed by atoms with Crippen LogP contribution >= 0.6 is 11.3 Å². The second kappa shape index (κ2) is 15.3. The molecule has 11 aromatic rings. The van der Waals surface area contributed by atoms with Gasteiger partial charge in [-0.3, -0.25) is 0 Å². The number of hydrogen-bond acceptors (Lipinski definition) is 2. The van der Waals surface area contributed by atoms with Gasteiger partial charge < -0.3 is 4.90 Å². The molecule has 0 fully saturated rings. The molecule has 0 atom stereocenters. The van der Waals surface area contributed by atoms with Gasteiger partial charge >= 0.3 is 0 Å². The van der Waals surface area contributed by atoms with Gasteiger partial charge in [0.1, 0.15) is 0 Å². The van der Waals surface area contributed by atoms with E-state index < -0.39 is 0 Å². The van der Waals surface area contributed by atoms with E-state index >= 15 is 0 Å². The van der Waals surface area contributed by atoms with Crippen molar-refractivity contribution in [2.45, 2.75) is 0 Å². The Kier molecular flexibility index (Phi) is 9.11. The lowest BCUT2D eigenvalue weighted by molar-refractivity contribution is 1.28. The summed E-state index contributed by atoms with van der Waals surface area (Å²) in [6.07, 6.45) is 0. The maximum Gasteiger partial charge on any atom is 0.0540 e. The highest BCUT2D eigenvalue weighted by atomic mass is 32.1. The summed E-state index contributed by atoms with van der Waals surface area (Å²) in [6, 6.07) is 86.0. The summed E-state index contributed by atoms with van der Waals surface area (Å²) < 4.78 is 2.64. The third-order valence-corrected chi connectivity index (χ3v) is 12.9. The van der Waals surface area contributed by atoms with Gasteiger partial charge in [0.2, 0.25) is 0 Å². The van der Waals surface area contributed by atoms with Crippen LogP contribution in [0.5, 0.6) is 0 Å². The largest absolute Gasteiger partial charge is 0.310 e. The number of thiophene rings is 1. The van der Waals surface area contributed by atoms with Crippen molar-refractivity contribution in [3.8, 4) is 55.6 Å². The van der Waals surface area contributed by atoms with E-state index in [-0.39, 0.29) is 0 Å². The quantitative estimate of drug-likeness (QED) is 0.148. The summed E-state index contributed by atoms with van der Waals surface area (Å²) in [4.78, 5) is 2.39. The van der Waals surface area contributed by atoms with Gasteiger partial charge in [-0.15, -0.1) is 11.3 Å². The smallest absolute Gasteiger partial charge is 0.0540 e. The Morgan fingerprint density at radius 1 is 0.283 bits per heavy atom. The van der Waals surface area contributed by atoms with Crippen LogP contribution in [0, 0.1) is 0 Å². The summed E-state index contributed by atoms with van der Waals surface area (Å²) in [5, 5.41) is 5.13. The fourth-order valence-corrected chi connectivity index (χ4v) is 10.0. The fraction of sp³-hybridized carbons (Fsp3) is 0. The van der Waals surface area contributed by atoms with Crippen molar-refractivity contribution in [1.82, 2.24) is 0 Å². The van der Waals surface area contributed by atoms with E-state index in [1.54, 1.807) is 0 Å². The van der Waals surface area contributed by atoms with Crippen molar-refractivity contribution in [3.63, 3.8) is 0 Å². The average molecular weight is 782 g/mol. The molecule has 0 unspecified atom stereocenters. The molecule has 2 heteroatoms. The number of hydrogen-bond donors (Lipinski definition) is 0. The van der Waals surface area contributed by atoms with Crippen LogP contribution in [0.4, 0.5) is 17.1 Å². The van der Waals surface area contributed by atoms with Crippen LogP contribution in [0.1, 0.15) is 0 Å². The zero-order valence-electron chi connectivity index (χ0n) is 32.9. The summed E-state index contributed by atoms with van der Waals surface area (Å²) >= 11 is 1.88. The molecule has 0 N–H and O–H groups in total. The average Bonchev–Trinajstić information content (AvgIpc) is 3.72. The third-order valence-electron chi connectivity index (χ3n) is 11.7. The van der Waals surface area contributed by atoms with Crippen molar-refractivity contribution in [2.24, 2.45) is 0 Å². The van der Waals surface area contributed by atoms with E-state index in [0.29, 0.717) is 0 Å². The number of fused-ring (bicyclic) bond motifs is 4. The molecule has 282 valence electrons. The first-order chi connectivity index (χ1) is 29.8. The van der Waals surface area contributed by atoms with E-state index in [0.717, 1.165) is 17.1 Å². The Morgan fingerprint density at radius 3 is 1.57 bits per heavy atom. The van der Waals surface area contributed by atoms with Crippen LogP contribution < -0.4 is 4.90 Å². The topological polar surface area (TPSA) is 3.24 Å². The molecule has 0 spiro atoms. The van der Waals surface area contributed by atoms with Crippen LogP contribution in [0.25, 0.3) is 86.6 Å². The molecular weight excluding hydrogens is 743 g/mol. The Morgan fingerprint density at radius 2 is 0.800 bits per heavy atom. The predicted molar refractivity (Wildman–Crippen MR) is 259 cm³/mol. The molecule has 0 aliphatic rings. The van der Waals surface area contributed by atoms with E-state index in [2.05, 4.69) is 241 Å². The number of nitrogens with zero attached hydrogens (tertiary/aromatic N) is 1. The minimum atomic E-state index is 1.09. The third kappa shape index (κ3) is 6.44. The molecular formula is C58H39NS. The highest BCUT2D eigenvalue weighted by Gasteiger charge is 2.19. The lowest BCUT2D eigenvalue weighted by Gasteiger charge is -2.28. The molecule has 11 rings (SSSR count). The highest BCUT2D eigenvalue weighted by molar-refractivity contribution is 7.26. The zero-order chi connectivity index (χ0) is 39.8. The molecule has 0 amide bonds. The van der Waals surface area contributed by atoms with E-state index in [1.807, 2.05) is 11.3 Å². The Labute approximate surface area is 354 Å². The molecule has 0 aliphatic carbocycles. The maximum absolute atomic E-state index is 2.39. The van der Waals surface area contributed by atoms with Gasteiger partial charge in [0.25, 0.3) is 0 Å². The van der Waals surface area contributed by atoms with Gasteiger partial charge in [-0.25, -0.2) is 0 Å². The first kappa shape index (κ1) is 35.6. The summed E-state index contributed by atoms with van der Waals surface area (Å²) in [6.45, 7) is 0. The molecule has 1 aromatic heterocycles. The van der Waals surface area contributed by atoms with Gasteiger partial charge in [-0.2, -0.15) is 0 Å². The first-order valence-corrected chi connectivity index (χ1v) is 21.3. The van der Waals surface area contributed by atoms with E-state index in [1.165, 1.54) is 86.6 Å². The van der Waals surface area contributed by atoms with Gasteiger partial charge in [0, 0.05) is 42.7 Å². The van der Waals surface area contributed by atoms with E-state index in [9.17, 15) is 0 Å². The molecule has 10 aromatic carbocycles. The number of para-hydroxylation sites is 1. The van der Waals surface area contributed by atoms with Crippen molar-refractivity contribution in [2.75, 3.05) is 4.90 Å². The van der Waals surface area contributed by atoms with Crippen molar-refractivity contribution >= 4 is 59.3 Å². The second-order valence-electron chi connectivity index (χ2n) is 15.2. The van der Waals surface area contributed by atoms with Crippen LogP contribution in [0.3, 0.4) is 0 Å². The van der Waals surface area contributed by atoms with Crippen LogP contribution in [-0.2, 0) is 0 Å². The molecule has 1 nitrogen and oxygen atoms in total. The van der Waals surface area contributed by atoms with Crippen LogP contribution in [-0.4, -0.2) is 0 Å². The first-order valence-electron chi connectivity index (χ1n) is 20.5. The van der Waals surface area contributed by atoms with Gasteiger partial charge in [0.05, 0.1) is 5.69 Å². The number of benzene rings is 10. The minimum absolute atomic E-state index is 1.09. The Bertz CT molecular complexity index is 3290.